The van der Waals surface area contributed by atoms with Gasteiger partial charge in [0.15, 0.2) is 5.78 Å². The summed E-state index contributed by atoms with van der Waals surface area (Å²) in [6, 6.07) is 3.75. The fourth-order valence-electron chi connectivity index (χ4n) is 1.13. The smallest absolute Gasteiger partial charge is 0.217 e. The molecule has 1 amide bonds. The summed E-state index contributed by atoms with van der Waals surface area (Å²) in [5.74, 6) is -0.246. The summed E-state index contributed by atoms with van der Waals surface area (Å²) in [6.45, 7) is 1.96. The summed E-state index contributed by atoms with van der Waals surface area (Å²) in [7, 11) is 0. The number of primary amides is 1. The highest BCUT2D eigenvalue weighted by atomic mass is 32.1. The first-order chi connectivity index (χ1) is 6.59. The number of amides is 1. The second kappa shape index (κ2) is 4.91. The molecule has 2 N–H and O–H groups in total. The van der Waals surface area contributed by atoms with Crippen molar-refractivity contribution in [2.75, 3.05) is 0 Å². The first-order valence-corrected chi connectivity index (χ1v) is 5.29. The van der Waals surface area contributed by atoms with Gasteiger partial charge >= 0.3 is 0 Å². The Morgan fingerprint density at radius 2 is 2.07 bits per heavy atom. The van der Waals surface area contributed by atoms with Gasteiger partial charge in [-0.1, -0.05) is 0 Å². The molecule has 0 unspecified atom stereocenters. The van der Waals surface area contributed by atoms with Crippen LogP contribution in [0, 0.1) is 6.92 Å². The summed E-state index contributed by atoms with van der Waals surface area (Å²) < 4.78 is 0. The van der Waals surface area contributed by atoms with Gasteiger partial charge in [0.2, 0.25) is 5.91 Å². The normalized spacial score (nSPS) is 10.1. The Bertz CT molecular complexity index is 344. The molecule has 4 heteroatoms. The number of aryl methyl sites for hydroxylation is 1. The Balaban J connectivity index is 2.39. The predicted octanol–water partition coefficient (Wildman–Crippen LogP) is 1.89. The Kier molecular flexibility index (Phi) is 3.83. The zero-order chi connectivity index (χ0) is 10.6. The maximum atomic E-state index is 11.5. The third kappa shape index (κ3) is 3.30. The Hall–Kier alpha value is -1.16. The van der Waals surface area contributed by atoms with E-state index in [1.807, 2.05) is 19.1 Å². The largest absolute Gasteiger partial charge is 0.370 e. The topological polar surface area (TPSA) is 60.2 Å². The lowest BCUT2D eigenvalue weighted by Gasteiger charge is -1.95. The van der Waals surface area contributed by atoms with Crippen molar-refractivity contribution in [3.8, 4) is 0 Å². The Morgan fingerprint density at radius 3 is 2.57 bits per heavy atom. The molecule has 0 aliphatic carbocycles. The molecule has 1 rings (SSSR count). The van der Waals surface area contributed by atoms with E-state index in [0.29, 0.717) is 12.8 Å². The average molecular weight is 211 g/mol. The Morgan fingerprint density at radius 1 is 1.36 bits per heavy atom. The highest BCUT2D eigenvalue weighted by Crippen LogP contribution is 2.17. The fraction of sp³-hybridized carbons (Fsp3) is 0.400. The minimum absolute atomic E-state index is 0.101. The zero-order valence-corrected chi connectivity index (χ0v) is 8.89. The second-order valence-corrected chi connectivity index (χ2v) is 4.44. The van der Waals surface area contributed by atoms with E-state index < -0.39 is 0 Å². The molecule has 0 saturated carbocycles. The molecule has 76 valence electrons. The van der Waals surface area contributed by atoms with Crippen LogP contribution in [0.25, 0.3) is 0 Å². The van der Waals surface area contributed by atoms with Gasteiger partial charge in [-0.2, -0.15) is 0 Å². The number of Topliss-reactive ketones (excluding diaryl/α,β-unsaturated/α-hetero) is 1. The van der Waals surface area contributed by atoms with E-state index >= 15 is 0 Å². The van der Waals surface area contributed by atoms with Crippen molar-refractivity contribution in [2.24, 2.45) is 5.73 Å². The van der Waals surface area contributed by atoms with Crippen LogP contribution in [0.5, 0.6) is 0 Å². The number of carbonyl (C=O) groups is 2. The molecule has 3 nitrogen and oxygen atoms in total. The second-order valence-electron chi connectivity index (χ2n) is 3.15. The summed E-state index contributed by atoms with van der Waals surface area (Å²) in [5, 5.41) is 0. The first kappa shape index (κ1) is 10.9. The molecule has 0 radical (unpaired) electrons. The lowest BCUT2D eigenvalue weighted by Crippen LogP contribution is -2.10. The average Bonchev–Trinajstić information content (AvgIpc) is 2.51. The maximum Gasteiger partial charge on any atom is 0.217 e. The van der Waals surface area contributed by atoms with Crippen LogP contribution in [0.2, 0.25) is 0 Å². The van der Waals surface area contributed by atoms with Crippen LogP contribution in [0.3, 0.4) is 0 Å². The van der Waals surface area contributed by atoms with Gasteiger partial charge in [0, 0.05) is 17.7 Å². The predicted molar refractivity (Wildman–Crippen MR) is 56.4 cm³/mol. The van der Waals surface area contributed by atoms with Crippen LogP contribution < -0.4 is 5.73 Å². The molecule has 0 spiro atoms. The Labute approximate surface area is 86.9 Å². The number of ketones is 1. The molecule has 0 aliphatic heterocycles. The first-order valence-electron chi connectivity index (χ1n) is 4.47. The van der Waals surface area contributed by atoms with E-state index in [1.54, 1.807) is 0 Å². The van der Waals surface area contributed by atoms with Gasteiger partial charge in [-0.25, -0.2) is 0 Å². The number of thiophene rings is 1. The van der Waals surface area contributed by atoms with Crippen LogP contribution >= 0.6 is 11.3 Å². The lowest BCUT2D eigenvalue weighted by molar-refractivity contribution is -0.118. The van der Waals surface area contributed by atoms with Crippen molar-refractivity contribution in [2.45, 2.75) is 26.2 Å². The molecule has 14 heavy (non-hydrogen) atoms. The number of hydrogen-bond acceptors (Lipinski definition) is 3. The van der Waals surface area contributed by atoms with Gasteiger partial charge in [0.25, 0.3) is 0 Å². The van der Waals surface area contributed by atoms with Crippen molar-refractivity contribution in [1.29, 1.82) is 0 Å². The van der Waals surface area contributed by atoms with Crippen molar-refractivity contribution in [3.05, 3.63) is 21.9 Å². The lowest BCUT2D eigenvalue weighted by atomic mass is 10.1. The number of hydrogen-bond donors (Lipinski definition) is 1. The molecule has 0 aromatic carbocycles. The van der Waals surface area contributed by atoms with E-state index in [4.69, 9.17) is 5.73 Å². The molecular weight excluding hydrogens is 198 g/mol. The quantitative estimate of drug-likeness (QED) is 0.756. The van der Waals surface area contributed by atoms with E-state index in [1.165, 1.54) is 11.3 Å². The van der Waals surface area contributed by atoms with Crippen LogP contribution in [0.15, 0.2) is 12.1 Å². The molecular formula is C10H13NO2S. The van der Waals surface area contributed by atoms with E-state index in [2.05, 4.69) is 0 Å². The van der Waals surface area contributed by atoms with E-state index in [-0.39, 0.29) is 18.1 Å². The molecule has 0 saturated heterocycles. The minimum atomic E-state index is -0.347. The third-order valence-electron chi connectivity index (χ3n) is 1.84. The van der Waals surface area contributed by atoms with Gasteiger partial charge in [0.05, 0.1) is 4.88 Å². The van der Waals surface area contributed by atoms with Crippen LogP contribution in [0.1, 0.15) is 33.8 Å². The third-order valence-corrected chi connectivity index (χ3v) is 2.88. The standard InChI is InChI=1S/C10H13NO2S/c1-7-5-6-9(14-7)8(12)3-2-4-10(11)13/h5-6H,2-4H2,1H3,(H2,11,13). The zero-order valence-electron chi connectivity index (χ0n) is 8.08. The molecule has 0 fully saturated rings. The van der Waals surface area contributed by atoms with E-state index in [9.17, 15) is 9.59 Å². The molecule has 0 atom stereocenters. The summed E-state index contributed by atoms with van der Waals surface area (Å²) in [4.78, 5) is 23.8. The van der Waals surface area contributed by atoms with Crippen molar-refractivity contribution >= 4 is 23.0 Å². The highest BCUT2D eigenvalue weighted by Gasteiger charge is 2.08. The minimum Gasteiger partial charge on any atom is -0.370 e. The van der Waals surface area contributed by atoms with Gasteiger partial charge in [-0.15, -0.1) is 11.3 Å². The van der Waals surface area contributed by atoms with Crippen molar-refractivity contribution in [1.82, 2.24) is 0 Å². The number of rotatable bonds is 5. The molecule has 0 aliphatic rings. The van der Waals surface area contributed by atoms with Gasteiger partial charge < -0.3 is 5.73 Å². The SMILES string of the molecule is Cc1ccc(C(=O)CCCC(N)=O)s1. The van der Waals surface area contributed by atoms with Gasteiger partial charge in [-0.3, -0.25) is 9.59 Å². The molecule has 0 bridgehead atoms. The number of nitrogens with two attached hydrogens (primary N) is 1. The van der Waals surface area contributed by atoms with Crippen LogP contribution in [-0.2, 0) is 4.79 Å². The monoisotopic (exact) mass is 211 g/mol. The van der Waals surface area contributed by atoms with E-state index in [0.717, 1.165) is 9.75 Å². The van der Waals surface area contributed by atoms with Gasteiger partial charge in [0.1, 0.15) is 0 Å². The summed E-state index contributed by atoms with van der Waals surface area (Å²) in [6.07, 6.45) is 1.24. The van der Waals surface area contributed by atoms with Crippen molar-refractivity contribution in [3.63, 3.8) is 0 Å². The molecule has 1 aromatic rings. The fourth-order valence-corrected chi connectivity index (χ4v) is 1.97. The summed E-state index contributed by atoms with van der Waals surface area (Å²) >= 11 is 1.49. The maximum absolute atomic E-state index is 11.5. The van der Waals surface area contributed by atoms with Gasteiger partial charge in [-0.05, 0) is 25.5 Å². The molecule has 1 aromatic heterocycles. The highest BCUT2D eigenvalue weighted by molar-refractivity contribution is 7.14. The molecule has 1 heterocycles. The van der Waals surface area contributed by atoms with Crippen LogP contribution in [0.4, 0.5) is 0 Å². The van der Waals surface area contributed by atoms with Crippen LogP contribution in [-0.4, -0.2) is 11.7 Å². The number of carbonyl (C=O) groups excluding carboxylic acids is 2. The summed E-state index contributed by atoms with van der Waals surface area (Å²) in [5.41, 5.74) is 4.97. The van der Waals surface area contributed by atoms with Crippen molar-refractivity contribution < 1.29 is 9.59 Å².